The van der Waals surface area contributed by atoms with E-state index < -0.39 is 5.82 Å². The zero-order chi connectivity index (χ0) is 25.6. The van der Waals surface area contributed by atoms with E-state index in [1.165, 1.54) is 6.20 Å². The highest BCUT2D eigenvalue weighted by Gasteiger charge is 2.24. The zero-order valence-corrected chi connectivity index (χ0v) is 20.3. The minimum atomic E-state index is -0.581. The summed E-state index contributed by atoms with van der Waals surface area (Å²) in [5.74, 6) is 0.533. The molecule has 1 amide bonds. The quantitative estimate of drug-likeness (QED) is 0.412. The molecule has 0 saturated heterocycles. The summed E-state index contributed by atoms with van der Waals surface area (Å²) in [5, 5.41) is 22.3. The number of benzene rings is 1. The molecule has 0 aliphatic carbocycles. The van der Waals surface area contributed by atoms with Gasteiger partial charge in [0.1, 0.15) is 18.4 Å². The summed E-state index contributed by atoms with van der Waals surface area (Å²) in [6, 6.07) is 9.05. The van der Waals surface area contributed by atoms with Gasteiger partial charge in [0, 0.05) is 60.5 Å². The molecule has 10 nitrogen and oxygen atoms in total. The highest BCUT2D eigenvalue weighted by Crippen LogP contribution is 2.34. The topological polar surface area (TPSA) is 131 Å². The summed E-state index contributed by atoms with van der Waals surface area (Å²) in [6.07, 6.45) is 2.22. The van der Waals surface area contributed by atoms with Crippen molar-refractivity contribution >= 4 is 34.0 Å². The lowest BCUT2D eigenvalue weighted by molar-refractivity contribution is -0.133. The van der Waals surface area contributed by atoms with Gasteiger partial charge in [0.2, 0.25) is 5.91 Å². The molecular formula is C25H26FN9O. The number of amides is 1. The summed E-state index contributed by atoms with van der Waals surface area (Å²) in [5.41, 5.74) is 8.02. The van der Waals surface area contributed by atoms with Gasteiger partial charge in [0.25, 0.3) is 0 Å². The van der Waals surface area contributed by atoms with E-state index in [9.17, 15) is 10.1 Å². The number of nitrogens with one attached hydrogen (secondary N) is 1. The summed E-state index contributed by atoms with van der Waals surface area (Å²) >= 11 is 0. The van der Waals surface area contributed by atoms with Crippen LogP contribution in [0.2, 0.25) is 0 Å². The molecule has 0 spiro atoms. The van der Waals surface area contributed by atoms with E-state index in [1.807, 2.05) is 37.8 Å². The van der Waals surface area contributed by atoms with Crippen LogP contribution in [0.4, 0.5) is 21.7 Å². The standard InChI is InChI=1S/C25H26FN9O/c1-4-34-20(9-16(11-27)31-34)18-7-15-8-21(29-12-19(15)25(28)24(18)26)30-22-10-17-5-6-33(14(2)3)23(36)13-35(17)32-22/h7-10,12,14H,4-6,13,28H2,1-3H3,(H,29,30,32). The summed E-state index contributed by atoms with van der Waals surface area (Å²) in [4.78, 5) is 18.8. The van der Waals surface area contributed by atoms with E-state index in [0.29, 0.717) is 47.6 Å². The Hall–Kier alpha value is -4.46. The van der Waals surface area contributed by atoms with E-state index in [1.54, 1.807) is 27.6 Å². The van der Waals surface area contributed by atoms with Crippen molar-refractivity contribution in [2.24, 2.45) is 0 Å². The number of rotatable bonds is 5. The van der Waals surface area contributed by atoms with Gasteiger partial charge in [-0.2, -0.15) is 15.5 Å². The van der Waals surface area contributed by atoms with Crippen LogP contribution in [0.15, 0.2) is 30.5 Å². The second-order valence-corrected chi connectivity index (χ2v) is 9.02. The minimum Gasteiger partial charge on any atom is -0.396 e. The third-order valence-electron chi connectivity index (χ3n) is 6.43. The monoisotopic (exact) mass is 487 g/mol. The molecule has 3 N–H and O–H groups in total. The molecule has 0 fully saturated rings. The Morgan fingerprint density at radius 2 is 2.03 bits per heavy atom. The number of anilines is 3. The predicted molar refractivity (Wildman–Crippen MR) is 134 cm³/mol. The van der Waals surface area contributed by atoms with Crippen LogP contribution >= 0.6 is 0 Å². The maximum atomic E-state index is 15.2. The molecule has 0 atom stereocenters. The fourth-order valence-electron chi connectivity index (χ4n) is 4.59. The summed E-state index contributed by atoms with van der Waals surface area (Å²) < 4.78 is 18.5. The van der Waals surface area contributed by atoms with Crippen LogP contribution in [-0.4, -0.2) is 47.9 Å². The average molecular weight is 488 g/mol. The third kappa shape index (κ3) is 4.00. The molecule has 184 valence electrons. The second kappa shape index (κ2) is 8.96. The summed E-state index contributed by atoms with van der Waals surface area (Å²) in [6.45, 7) is 7.19. The normalized spacial score (nSPS) is 13.7. The third-order valence-corrected chi connectivity index (χ3v) is 6.43. The fraction of sp³-hybridized carbons (Fsp3) is 0.320. The lowest BCUT2D eigenvalue weighted by Gasteiger charge is -2.24. The first-order chi connectivity index (χ1) is 17.3. The number of hydrogen-bond acceptors (Lipinski definition) is 7. The van der Waals surface area contributed by atoms with Crippen molar-refractivity contribution in [2.45, 2.75) is 46.3 Å². The van der Waals surface area contributed by atoms with Crippen LogP contribution in [0.1, 0.15) is 32.2 Å². The first-order valence-corrected chi connectivity index (χ1v) is 11.8. The first-order valence-electron chi connectivity index (χ1n) is 11.8. The van der Waals surface area contributed by atoms with Crippen molar-refractivity contribution in [2.75, 3.05) is 17.6 Å². The summed E-state index contributed by atoms with van der Waals surface area (Å²) in [7, 11) is 0. The molecular weight excluding hydrogens is 461 g/mol. The number of nitrogens with two attached hydrogens (primary N) is 1. The molecule has 36 heavy (non-hydrogen) atoms. The van der Waals surface area contributed by atoms with Gasteiger partial charge in [0.15, 0.2) is 17.3 Å². The molecule has 0 unspecified atom stereocenters. The largest absolute Gasteiger partial charge is 0.396 e. The van der Waals surface area contributed by atoms with Gasteiger partial charge >= 0.3 is 0 Å². The van der Waals surface area contributed by atoms with Crippen molar-refractivity contribution in [3.63, 3.8) is 0 Å². The van der Waals surface area contributed by atoms with E-state index >= 15 is 4.39 Å². The Morgan fingerprint density at radius 1 is 1.22 bits per heavy atom. The molecule has 0 saturated carbocycles. The van der Waals surface area contributed by atoms with Crippen LogP contribution in [0.3, 0.4) is 0 Å². The van der Waals surface area contributed by atoms with Crippen molar-refractivity contribution in [1.82, 2.24) is 29.4 Å². The Morgan fingerprint density at radius 3 is 2.75 bits per heavy atom. The molecule has 3 aromatic heterocycles. The molecule has 5 rings (SSSR count). The Bertz CT molecular complexity index is 1530. The number of hydrogen-bond donors (Lipinski definition) is 2. The zero-order valence-electron chi connectivity index (χ0n) is 20.3. The van der Waals surface area contributed by atoms with Crippen molar-refractivity contribution < 1.29 is 9.18 Å². The molecule has 4 aromatic rings. The van der Waals surface area contributed by atoms with E-state index in [4.69, 9.17) is 5.73 Å². The van der Waals surface area contributed by atoms with Gasteiger partial charge in [0.05, 0.1) is 11.4 Å². The van der Waals surface area contributed by atoms with Crippen LogP contribution in [0, 0.1) is 17.1 Å². The maximum Gasteiger partial charge on any atom is 0.244 e. The molecule has 1 aliphatic rings. The van der Waals surface area contributed by atoms with E-state index in [2.05, 4.69) is 20.5 Å². The van der Waals surface area contributed by atoms with Gasteiger partial charge in [-0.15, -0.1) is 0 Å². The molecule has 4 heterocycles. The number of halogens is 1. The number of nitrogen functional groups attached to an aromatic ring is 1. The van der Waals surface area contributed by atoms with Crippen LogP contribution in [0.25, 0.3) is 22.0 Å². The number of pyridine rings is 1. The number of aromatic nitrogens is 5. The fourth-order valence-corrected chi connectivity index (χ4v) is 4.59. The number of aryl methyl sites for hydroxylation is 1. The molecule has 1 aromatic carbocycles. The van der Waals surface area contributed by atoms with Gasteiger partial charge in [-0.3, -0.25) is 14.2 Å². The van der Waals surface area contributed by atoms with Gasteiger partial charge in [-0.1, -0.05) is 0 Å². The number of fused-ring (bicyclic) bond motifs is 2. The van der Waals surface area contributed by atoms with Gasteiger partial charge < -0.3 is 16.0 Å². The van der Waals surface area contributed by atoms with Crippen LogP contribution < -0.4 is 11.1 Å². The number of nitriles is 1. The lowest BCUT2D eigenvalue weighted by atomic mass is 10.0. The lowest BCUT2D eigenvalue weighted by Crippen LogP contribution is -2.38. The number of carbonyl (C=O) groups is 1. The molecule has 0 radical (unpaired) electrons. The Kier molecular flexibility index (Phi) is 5.80. The smallest absolute Gasteiger partial charge is 0.244 e. The Balaban J connectivity index is 1.48. The first kappa shape index (κ1) is 23.3. The predicted octanol–water partition coefficient (Wildman–Crippen LogP) is 3.44. The SMILES string of the molecule is CCn1nc(C#N)cc1-c1cc2cc(Nc3cc4n(n3)CC(=O)N(C(C)C)CC4)ncc2c(N)c1F. The molecule has 0 bridgehead atoms. The maximum absolute atomic E-state index is 15.2. The minimum absolute atomic E-state index is 0.0224. The van der Waals surface area contributed by atoms with Crippen molar-refractivity contribution in [1.29, 1.82) is 5.26 Å². The van der Waals surface area contributed by atoms with Crippen molar-refractivity contribution in [3.8, 4) is 17.3 Å². The van der Waals surface area contributed by atoms with E-state index in [0.717, 1.165) is 5.69 Å². The van der Waals surface area contributed by atoms with Crippen LogP contribution in [0.5, 0.6) is 0 Å². The van der Waals surface area contributed by atoms with Gasteiger partial charge in [-0.05, 0) is 38.3 Å². The molecule has 1 aliphatic heterocycles. The molecule has 11 heteroatoms. The van der Waals surface area contributed by atoms with Crippen LogP contribution in [-0.2, 0) is 24.3 Å². The van der Waals surface area contributed by atoms with Gasteiger partial charge in [-0.25, -0.2) is 9.37 Å². The van der Waals surface area contributed by atoms with E-state index in [-0.39, 0.29) is 35.4 Å². The second-order valence-electron chi connectivity index (χ2n) is 9.02. The highest BCUT2D eigenvalue weighted by molar-refractivity contribution is 5.97. The average Bonchev–Trinajstić information content (AvgIpc) is 3.40. The van der Waals surface area contributed by atoms with Crippen molar-refractivity contribution in [3.05, 3.63) is 47.7 Å². The number of carbonyl (C=O) groups excluding carboxylic acids is 1. The highest BCUT2D eigenvalue weighted by atomic mass is 19.1. The Labute approximate surface area is 207 Å². The number of nitrogens with zero attached hydrogens (tertiary/aromatic N) is 7.